The van der Waals surface area contributed by atoms with Crippen LogP contribution in [0.2, 0.25) is 0 Å². The Balaban J connectivity index is 1.87. The van der Waals surface area contributed by atoms with Crippen LogP contribution in [0.5, 0.6) is 0 Å². The number of nitro benzene ring substituents is 1. The number of aliphatic hydroxyl groups is 1. The van der Waals surface area contributed by atoms with E-state index in [9.17, 15) is 24.8 Å². The van der Waals surface area contributed by atoms with Crippen LogP contribution in [0, 0.1) is 10.1 Å². The normalized spacial score (nSPS) is 19.6. The summed E-state index contributed by atoms with van der Waals surface area (Å²) in [7, 11) is 0. The van der Waals surface area contributed by atoms with E-state index in [0.717, 1.165) is 0 Å². The number of hydrogen-bond donors (Lipinski definition) is 2. The third kappa shape index (κ3) is 5.61. The predicted molar refractivity (Wildman–Crippen MR) is 90.9 cm³/mol. The maximum Gasteiger partial charge on any atom is 0.410 e. The molecular weight excluding hydrogens is 350 g/mol. The highest BCUT2D eigenvalue weighted by Gasteiger charge is 2.35. The maximum atomic E-state index is 12.2. The number of hydrogen-bond acceptors (Lipinski definition) is 7. The fourth-order valence-corrected chi connectivity index (χ4v) is 3.42. The molecule has 2 amide bonds. The van der Waals surface area contributed by atoms with Gasteiger partial charge in [0.25, 0.3) is 5.69 Å². The second-order valence-electron chi connectivity index (χ2n) is 5.66. The van der Waals surface area contributed by atoms with Gasteiger partial charge in [-0.2, -0.15) is 0 Å². The first kappa shape index (κ1) is 19.0. The van der Waals surface area contributed by atoms with E-state index in [1.54, 1.807) is 0 Å². The van der Waals surface area contributed by atoms with Gasteiger partial charge in [0, 0.05) is 23.9 Å². The molecule has 1 aromatic carbocycles. The van der Waals surface area contributed by atoms with E-state index < -0.39 is 23.0 Å². The number of carbonyl (C=O) groups is 2. The van der Waals surface area contributed by atoms with Gasteiger partial charge in [0.05, 0.1) is 23.3 Å². The lowest BCUT2D eigenvalue weighted by Gasteiger charge is -2.23. The van der Waals surface area contributed by atoms with Crippen molar-refractivity contribution in [1.82, 2.24) is 4.90 Å². The van der Waals surface area contributed by atoms with Gasteiger partial charge in [-0.3, -0.25) is 14.9 Å². The number of benzene rings is 1. The van der Waals surface area contributed by atoms with Crippen molar-refractivity contribution in [3.05, 3.63) is 39.9 Å². The van der Waals surface area contributed by atoms with Gasteiger partial charge in [-0.1, -0.05) is 0 Å². The summed E-state index contributed by atoms with van der Waals surface area (Å²) >= 11 is 1.30. The van der Waals surface area contributed by atoms with Crippen LogP contribution < -0.4 is 5.73 Å². The fraction of sp³-hybridized carbons (Fsp3) is 0.467. The Bertz CT molecular complexity index is 639. The topological polar surface area (TPSA) is 136 Å². The zero-order chi connectivity index (χ0) is 18.4. The zero-order valence-electron chi connectivity index (χ0n) is 13.4. The summed E-state index contributed by atoms with van der Waals surface area (Å²) in [6, 6.07) is 5.48. The minimum atomic E-state index is -0.633. The number of ether oxygens (including phenoxy) is 1. The lowest BCUT2D eigenvalue weighted by atomic mass is 10.2. The van der Waals surface area contributed by atoms with Crippen molar-refractivity contribution < 1.29 is 24.4 Å². The van der Waals surface area contributed by atoms with E-state index in [1.165, 1.54) is 40.9 Å². The molecule has 0 bridgehead atoms. The summed E-state index contributed by atoms with van der Waals surface area (Å²) in [5.41, 5.74) is 5.67. The molecule has 0 spiro atoms. The van der Waals surface area contributed by atoms with Crippen molar-refractivity contribution in [2.24, 2.45) is 5.73 Å². The van der Waals surface area contributed by atoms with E-state index in [2.05, 4.69) is 0 Å². The molecule has 9 nitrogen and oxygen atoms in total. The second-order valence-corrected chi connectivity index (χ2v) is 6.69. The van der Waals surface area contributed by atoms with Crippen LogP contribution >= 0.6 is 11.8 Å². The summed E-state index contributed by atoms with van der Waals surface area (Å²) in [6.07, 6.45) is -0.788. The van der Waals surface area contributed by atoms with E-state index >= 15 is 0 Å². The largest absolute Gasteiger partial charge is 0.445 e. The van der Waals surface area contributed by atoms with Gasteiger partial charge in [0.15, 0.2) is 0 Å². The van der Waals surface area contributed by atoms with Crippen LogP contribution in [-0.4, -0.2) is 57.1 Å². The Kier molecular flexibility index (Phi) is 6.59. The van der Waals surface area contributed by atoms with Gasteiger partial charge >= 0.3 is 6.09 Å². The summed E-state index contributed by atoms with van der Waals surface area (Å²) < 4.78 is 5.22. The van der Waals surface area contributed by atoms with Gasteiger partial charge < -0.3 is 20.5 Å². The molecule has 1 fully saturated rings. The van der Waals surface area contributed by atoms with Crippen molar-refractivity contribution >= 4 is 29.4 Å². The van der Waals surface area contributed by atoms with Crippen LogP contribution in [0.1, 0.15) is 12.0 Å². The molecule has 1 saturated heterocycles. The van der Waals surface area contributed by atoms with Gasteiger partial charge in [0.2, 0.25) is 5.91 Å². The number of β-amino-alcohol motifs (C(OH)–C–C–N with tert-alkyl or cyclic N) is 1. The molecule has 25 heavy (non-hydrogen) atoms. The molecular formula is C15H19N3O6S. The number of aliphatic hydroxyl groups excluding tert-OH is 1. The van der Waals surface area contributed by atoms with E-state index in [0.29, 0.717) is 17.7 Å². The van der Waals surface area contributed by atoms with Crippen molar-refractivity contribution in [2.45, 2.75) is 25.2 Å². The van der Waals surface area contributed by atoms with Crippen molar-refractivity contribution in [2.75, 3.05) is 18.1 Å². The first-order valence-corrected chi connectivity index (χ1v) is 8.73. The Morgan fingerprint density at radius 1 is 1.40 bits per heavy atom. The Morgan fingerprint density at radius 2 is 2.08 bits per heavy atom. The monoisotopic (exact) mass is 369 g/mol. The first-order chi connectivity index (χ1) is 11.9. The van der Waals surface area contributed by atoms with E-state index in [-0.39, 0.29) is 30.6 Å². The molecule has 1 aromatic rings. The van der Waals surface area contributed by atoms with Gasteiger partial charge in [-0.25, -0.2) is 4.79 Å². The first-order valence-electron chi connectivity index (χ1n) is 7.57. The highest BCUT2D eigenvalue weighted by molar-refractivity contribution is 7.99. The predicted octanol–water partition coefficient (Wildman–Crippen LogP) is 0.885. The number of non-ortho nitro benzene ring substituents is 1. The number of nitrogens with zero attached hydrogens (tertiary/aromatic N) is 2. The van der Waals surface area contributed by atoms with E-state index in [4.69, 9.17) is 10.5 Å². The summed E-state index contributed by atoms with van der Waals surface area (Å²) in [5, 5.41) is 20.4. The van der Waals surface area contributed by atoms with E-state index in [1.807, 2.05) is 0 Å². The van der Waals surface area contributed by atoms with Crippen LogP contribution in [-0.2, 0) is 16.1 Å². The number of thioether (sulfide) groups is 1. The van der Waals surface area contributed by atoms with Crippen molar-refractivity contribution in [1.29, 1.82) is 0 Å². The van der Waals surface area contributed by atoms with Crippen LogP contribution in [0.15, 0.2) is 24.3 Å². The lowest BCUT2D eigenvalue weighted by Crippen LogP contribution is -2.38. The van der Waals surface area contributed by atoms with Crippen molar-refractivity contribution in [3.8, 4) is 0 Å². The average Bonchev–Trinajstić information content (AvgIpc) is 2.93. The quantitative estimate of drug-likeness (QED) is 0.538. The number of likely N-dealkylation sites (tertiary alicyclic amines) is 1. The molecule has 0 radical (unpaired) electrons. The van der Waals surface area contributed by atoms with Crippen LogP contribution in [0.4, 0.5) is 10.5 Å². The molecule has 0 aliphatic carbocycles. The minimum absolute atomic E-state index is 0.0232. The number of nitro groups is 1. The van der Waals surface area contributed by atoms with Gasteiger partial charge in [-0.05, 0) is 24.1 Å². The third-order valence-corrected chi connectivity index (χ3v) is 4.80. The van der Waals surface area contributed by atoms with Crippen LogP contribution in [0.3, 0.4) is 0 Å². The van der Waals surface area contributed by atoms with Crippen molar-refractivity contribution in [3.63, 3.8) is 0 Å². The summed E-state index contributed by atoms with van der Waals surface area (Å²) in [4.78, 5) is 34.6. The Hall–Kier alpha value is -2.33. The molecule has 2 rings (SSSR count). The zero-order valence-corrected chi connectivity index (χ0v) is 14.2. The molecule has 0 aromatic heterocycles. The highest BCUT2D eigenvalue weighted by Crippen LogP contribution is 2.23. The Labute approximate surface area is 148 Å². The third-order valence-electron chi connectivity index (χ3n) is 3.69. The summed E-state index contributed by atoms with van der Waals surface area (Å²) in [5.74, 6) is 0.195. The van der Waals surface area contributed by atoms with Gasteiger partial charge in [0.1, 0.15) is 6.61 Å². The smallest absolute Gasteiger partial charge is 0.410 e. The fourth-order valence-electron chi connectivity index (χ4n) is 2.51. The minimum Gasteiger partial charge on any atom is -0.445 e. The second kappa shape index (κ2) is 8.67. The lowest BCUT2D eigenvalue weighted by molar-refractivity contribution is -0.384. The molecule has 1 heterocycles. The SMILES string of the molecule is NC(=O)CSC[C@@H]1C[C@@H](O)CN1C(=O)OCc1ccc([N+](=O)[O-])cc1. The van der Waals surface area contributed by atoms with Crippen LogP contribution in [0.25, 0.3) is 0 Å². The summed E-state index contributed by atoms with van der Waals surface area (Å²) in [6.45, 7) is 0.144. The molecule has 136 valence electrons. The number of carbonyl (C=O) groups excluding carboxylic acids is 2. The molecule has 1 aliphatic heterocycles. The maximum absolute atomic E-state index is 12.2. The molecule has 3 N–H and O–H groups in total. The molecule has 2 atom stereocenters. The highest BCUT2D eigenvalue weighted by atomic mass is 32.2. The number of primary amides is 1. The molecule has 1 aliphatic rings. The average molecular weight is 369 g/mol. The number of nitrogens with two attached hydrogens (primary N) is 1. The number of amides is 2. The standard InChI is InChI=1S/C15H19N3O6S/c16-14(20)9-25-8-12-5-13(19)6-17(12)15(21)24-7-10-1-3-11(4-2-10)18(22)23/h1-4,12-13,19H,5-9H2,(H2,16,20)/t12-,13+/m0/s1. The number of rotatable bonds is 7. The Morgan fingerprint density at radius 3 is 2.68 bits per heavy atom. The van der Waals surface area contributed by atoms with Gasteiger partial charge in [-0.15, -0.1) is 11.8 Å². The molecule has 0 unspecified atom stereocenters. The molecule has 10 heteroatoms. The molecule has 0 saturated carbocycles.